The third kappa shape index (κ3) is 2.71. The number of anilines is 1. The largest absolute Gasteiger partial charge is 0.366 e. The third-order valence-corrected chi connectivity index (χ3v) is 4.42. The standard InChI is InChI=1S/C11H9Cl2N3O2S/c12-8-5-19-16-11(8,13)10(18)15-7-4-2-1-3-6(7)9(14)17/h1-5,16H,(H2,14,17)(H,15,18). The molecule has 2 amide bonds. The van der Waals surface area contributed by atoms with Crippen LogP contribution < -0.4 is 15.8 Å². The molecule has 8 heteroatoms. The molecule has 1 aromatic carbocycles. The molecule has 100 valence electrons. The first-order valence-corrected chi connectivity index (χ1v) is 6.77. The van der Waals surface area contributed by atoms with Crippen molar-refractivity contribution in [3.05, 3.63) is 40.3 Å². The molecular weight excluding hydrogens is 309 g/mol. The fraction of sp³-hybridized carbons (Fsp3) is 0.0909. The van der Waals surface area contributed by atoms with Gasteiger partial charge in [0.25, 0.3) is 11.8 Å². The highest BCUT2D eigenvalue weighted by atomic mass is 35.5. The van der Waals surface area contributed by atoms with E-state index in [0.29, 0.717) is 0 Å². The van der Waals surface area contributed by atoms with Gasteiger partial charge in [0.1, 0.15) is 0 Å². The zero-order valence-electron chi connectivity index (χ0n) is 9.44. The van der Waals surface area contributed by atoms with E-state index in [1.807, 2.05) is 0 Å². The number of rotatable bonds is 3. The summed E-state index contributed by atoms with van der Waals surface area (Å²) in [7, 11) is 0. The van der Waals surface area contributed by atoms with Crippen molar-refractivity contribution in [3.63, 3.8) is 0 Å². The number of halogens is 2. The Labute approximate surface area is 123 Å². The number of amides is 2. The molecule has 1 atom stereocenters. The summed E-state index contributed by atoms with van der Waals surface area (Å²) in [5.41, 5.74) is 5.70. The summed E-state index contributed by atoms with van der Waals surface area (Å²) in [6, 6.07) is 6.37. The zero-order valence-corrected chi connectivity index (χ0v) is 11.8. The number of hydrogen-bond acceptors (Lipinski definition) is 4. The molecule has 1 aromatic rings. The van der Waals surface area contributed by atoms with E-state index < -0.39 is 16.8 Å². The van der Waals surface area contributed by atoms with Gasteiger partial charge in [-0.05, 0) is 24.1 Å². The Balaban J connectivity index is 2.25. The second kappa shape index (κ2) is 5.42. The Morgan fingerprint density at radius 2 is 2.05 bits per heavy atom. The Morgan fingerprint density at radius 1 is 1.37 bits per heavy atom. The van der Waals surface area contributed by atoms with Crippen LogP contribution in [0.2, 0.25) is 0 Å². The topological polar surface area (TPSA) is 84.2 Å². The van der Waals surface area contributed by atoms with Crippen LogP contribution in [-0.4, -0.2) is 16.8 Å². The molecule has 4 N–H and O–H groups in total. The Morgan fingerprint density at radius 3 is 2.63 bits per heavy atom. The number of hydrogen-bond donors (Lipinski definition) is 3. The molecule has 0 bridgehead atoms. The summed E-state index contributed by atoms with van der Waals surface area (Å²) < 4.78 is 2.68. The molecule has 5 nitrogen and oxygen atoms in total. The predicted octanol–water partition coefficient (Wildman–Crippen LogP) is 1.99. The molecule has 0 aromatic heterocycles. The van der Waals surface area contributed by atoms with E-state index in [9.17, 15) is 9.59 Å². The molecule has 2 rings (SSSR count). The molecule has 0 aliphatic carbocycles. The van der Waals surface area contributed by atoms with Crippen LogP contribution in [0.4, 0.5) is 5.69 Å². The van der Waals surface area contributed by atoms with Crippen LogP contribution in [0, 0.1) is 0 Å². The molecule has 0 saturated carbocycles. The van der Waals surface area contributed by atoms with E-state index in [1.165, 1.54) is 11.5 Å². The van der Waals surface area contributed by atoms with Crippen LogP contribution >= 0.6 is 35.1 Å². The average Bonchev–Trinajstić information content (AvgIpc) is 2.71. The van der Waals surface area contributed by atoms with Crippen molar-refractivity contribution in [2.24, 2.45) is 5.73 Å². The molecule has 1 aliphatic heterocycles. The van der Waals surface area contributed by atoms with Gasteiger partial charge in [-0.15, -0.1) is 0 Å². The van der Waals surface area contributed by atoms with Crippen molar-refractivity contribution >= 4 is 52.7 Å². The van der Waals surface area contributed by atoms with Crippen LogP contribution in [-0.2, 0) is 4.79 Å². The monoisotopic (exact) mass is 317 g/mol. The summed E-state index contributed by atoms with van der Waals surface area (Å²) in [5.74, 6) is -1.23. The fourth-order valence-corrected chi connectivity index (χ4v) is 2.79. The Bertz CT molecular complexity index is 579. The van der Waals surface area contributed by atoms with E-state index in [1.54, 1.807) is 18.2 Å². The first-order valence-electron chi connectivity index (χ1n) is 5.13. The summed E-state index contributed by atoms with van der Waals surface area (Å²) in [6.45, 7) is 0. The highest BCUT2D eigenvalue weighted by molar-refractivity contribution is 8.00. The van der Waals surface area contributed by atoms with Gasteiger partial charge in [-0.1, -0.05) is 35.3 Å². The number of alkyl halides is 1. The van der Waals surface area contributed by atoms with Crippen LogP contribution in [0.15, 0.2) is 34.7 Å². The van der Waals surface area contributed by atoms with Crippen molar-refractivity contribution in [3.8, 4) is 0 Å². The molecule has 1 unspecified atom stereocenters. The lowest BCUT2D eigenvalue weighted by molar-refractivity contribution is -0.117. The first-order chi connectivity index (χ1) is 8.95. The molecule has 0 spiro atoms. The van der Waals surface area contributed by atoms with Gasteiger partial charge in [0, 0.05) is 5.41 Å². The van der Waals surface area contributed by atoms with E-state index in [2.05, 4.69) is 10.0 Å². The van der Waals surface area contributed by atoms with E-state index in [0.717, 1.165) is 11.9 Å². The lowest BCUT2D eigenvalue weighted by Crippen LogP contribution is -2.45. The average molecular weight is 318 g/mol. The third-order valence-electron chi connectivity index (χ3n) is 2.44. The SMILES string of the molecule is NC(=O)c1ccccc1NC(=O)C1(Cl)NSC=C1Cl. The van der Waals surface area contributed by atoms with Crippen LogP contribution in [0.1, 0.15) is 10.4 Å². The van der Waals surface area contributed by atoms with Crippen molar-refractivity contribution in [1.82, 2.24) is 4.72 Å². The second-order valence-corrected chi connectivity index (χ2v) is 5.36. The van der Waals surface area contributed by atoms with Crippen LogP contribution in [0.25, 0.3) is 0 Å². The second-order valence-electron chi connectivity index (χ2n) is 3.71. The highest BCUT2D eigenvalue weighted by Gasteiger charge is 2.43. The smallest absolute Gasteiger partial charge is 0.266 e. The summed E-state index contributed by atoms with van der Waals surface area (Å²) in [6.07, 6.45) is 0. The van der Waals surface area contributed by atoms with Gasteiger partial charge in [0.05, 0.1) is 16.3 Å². The van der Waals surface area contributed by atoms with E-state index >= 15 is 0 Å². The van der Waals surface area contributed by atoms with Crippen molar-refractivity contribution in [2.45, 2.75) is 5.00 Å². The van der Waals surface area contributed by atoms with E-state index in [4.69, 9.17) is 28.9 Å². The van der Waals surface area contributed by atoms with Gasteiger partial charge in [-0.25, -0.2) is 4.72 Å². The summed E-state index contributed by atoms with van der Waals surface area (Å²) >= 11 is 13.1. The molecule has 1 aliphatic rings. The van der Waals surface area contributed by atoms with Crippen molar-refractivity contribution < 1.29 is 9.59 Å². The number of primary amides is 1. The van der Waals surface area contributed by atoms with Gasteiger partial charge in [-0.3, -0.25) is 9.59 Å². The quantitative estimate of drug-likeness (QED) is 0.452. The van der Waals surface area contributed by atoms with E-state index in [-0.39, 0.29) is 16.3 Å². The molecule has 19 heavy (non-hydrogen) atoms. The lowest BCUT2D eigenvalue weighted by Gasteiger charge is -2.21. The number of benzene rings is 1. The number of nitrogens with one attached hydrogen (secondary N) is 2. The molecule has 0 radical (unpaired) electrons. The van der Waals surface area contributed by atoms with Gasteiger partial charge in [0.2, 0.25) is 5.00 Å². The Hall–Kier alpha value is -1.21. The number of carbonyl (C=O) groups is 2. The maximum Gasteiger partial charge on any atom is 0.266 e. The highest BCUT2D eigenvalue weighted by Crippen LogP contribution is 2.36. The molecule has 0 saturated heterocycles. The van der Waals surface area contributed by atoms with Crippen LogP contribution in [0.5, 0.6) is 0 Å². The minimum Gasteiger partial charge on any atom is -0.366 e. The van der Waals surface area contributed by atoms with Gasteiger partial charge < -0.3 is 11.1 Å². The number of nitrogens with two attached hydrogens (primary N) is 1. The number of para-hydroxylation sites is 1. The zero-order chi connectivity index (χ0) is 14.0. The maximum atomic E-state index is 12.1. The van der Waals surface area contributed by atoms with Gasteiger partial charge >= 0.3 is 0 Å². The van der Waals surface area contributed by atoms with Gasteiger partial charge in [-0.2, -0.15) is 0 Å². The maximum absolute atomic E-state index is 12.1. The Kier molecular flexibility index (Phi) is 4.05. The number of carbonyl (C=O) groups excluding carboxylic acids is 2. The summed E-state index contributed by atoms with van der Waals surface area (Å²) in [4.78, 5) is 21.8. The fourth-order valence-electron chi connectivity index (χ4n) is 1.46. The van der Waals surface area contributed by atoms with Crippen molar-refractivity contribution in [2.75, 3.05) is 5.32 Å². The molecular formula is C11H9Cl2N3O2S. The van der Waals surface area contributed by atoms with Crippen LogP contribution in [0.3, 0.4) is 0 Å². The molecule has 0 fully saturated rings. The first kappa shape index (κ1) is 14.2. The molecule has 1 heterocycles. The minimum atomic E-state index is -1.54. The lowest BCUT2D eigenvalue weighted by atomic mass is 10.1. The van der Waals surface area contributed by atoms with Gasteiger partial charge in [0.15, 0.2) is 0 Å². The summed E-state index contributed by atoms with van der Waals surface area (Å²) in [5, 5.41) is 4.21. The minimum absolute atomic E-state index is 0.160. The van der Waals surface area contributed by atoms with Crippen molar-refractivity contribution in [1.29, 1.82) is 0 Å². The normalized spacial score (nSPS) is 21.9. The predicted molar refractivity (Wildman–Crippen MR) is 76.8 cm³/mol.